The first kappa shape index (κ1) is 15.4. The van der Waals surface area contributed by atoms with Crippen LogP contribution in [0.2, 0.25) is 0 Å². The fraction of sp³-hybridized carbons (Fsp3) is 0.500. The molecular weight excluding hydrogens is 270 g/mol. The van der Waals surface area contributed by atoms with Crippen LogP contribution in [0.5, 0.6) is 11.5 Å². The molecule has 1 atom stereocenters. The quantitative estimate of drug-likeness (QED) is 0.350. The smallest absolute Gasteiger partial charge is 0.231 e. The van der Waals surface area contributed by atoms with Crippen LogP contribution in [-0.4, -0.2) is 43.3 Å². The minimum Gasteiger partial charge on any atom is -0.454 e. The summed E-state index contributed by atoms with van der Waals surface area (Å²) in [4.78, 5) is 2.10. The number of benzene rings is 1. The van der Waals surface area contributed by atoms with Crippen molar-refractivity contribution in [3.8, 4) is 11.5 Å². The van der Waals surface area contributed by atoms with Crippen LogP contribution in [0.1, 0.15) is 24.9 Å². The van der Waals surface area contributed by atoms with E-state index in [2.05, 4.69) is 10.0 Å². The summed E-state index contributed by atoms with van der Waals surface area (Å²) in [7, 11) is 4.05. The van der Waals surface area contributed by atoms with Crippen molar-refractivity contribution < 1.29 is 9.47 Å². The minimum atomic E-state index is -0.0830. The second-order valence-corrected chi connectivity index (χ2v) is 5.34. The van der Waals surface area contributed by atoms with Crippen LogP contribution >= 0.6 is 0 Å². The van der Waals surface area contributed by atoms with Crippen LogP contribution in [0.15, 0.2) is 23.3 Å². The average molecular weight is 293 g/mol. The van der Waals surface area contributed by atoms with E-state index in [9.17, 15) is 0 Å². The SMILES string of the molecule is C/C(N)=N/N(N)C(CCN(C)C)c1ccc2c(c1)OCO2. The molecule has 1 aliphatic heterocycles. The number of hydrogen-bond acceptors (Lipinski definition) is 6. The lowest BCUT2D eigenvalue weighted by molar-refractivity contribution is 0.173. The maximum Gasteiger partial charge on any atom is 0.231 e. The van der Waals surface area contributed by atoms with Gasteiger partial charge in [-0.1, -0.05) is 6.07 Å². The molecule has 1 unspecified atom stereocenters. The Labute approximate surface area is 125 Å². The topological polar surface area (TPSA) is 89.3 Å². The molecule has 0 amide bonds. The summed E-state index contributed by atoms with van der Waals surface area (Å²) >= 11 is 0. The standard InChI is InChI=1S/C14H23N5O2/c1-10(15)17-19(16)12(6-7-18(2)3)11-4-5-13-14(8-11)21-9-20-13/h4-5,8,12H,6-7,9,16H2,1-3H3,(H2,15,17). The average Bonchev–Trinajstić information content (AvgIpc) is 2.85. The van der Waals surface area contributed by atoms with E-state index in [-0.39, 0.29) is 12.8 Å². The Morgan fingerprint density at radius 3 is 2.71 bits per heavy atom. The van der Waals surface area contributed by atoms with Gasteiger partial charge in [0.05, 0.1) is 6.04 Å². The summed E-state index contributed by atoms with van der Waals surface area (Å²) in [6.07, 6.45) is 0.819. The number of hydrazine groups is 1. The monoisotopic (exact) mass is 293 g/mol. The maximum atomic E-state index is 6.06. The number of fused-ring (bicyclic) bond motifs is 1. The Morgan fingerprint density at radius 1 is 1.33 bits per heavy atom. The van der Waals surface area contributed by atoms with E-state index in [4.69, 9.17) is 21.1 Å². The third-order valence-corrected chi connectivity index (χ3v) is 3.22. The number of ether oxygens (including phenoxy) is 2. The summed E-state index contributed by atoms with van der Waals surface area (Å²) in [5.74, 6) is 7.98. The normalized spacial score (nSPS) is 15.4. The largest absolute Gasteiger partial charge is 0.454 e. The Balaban J connectivity index is 2.23. The second-order valence-electron chi connectivity index (χ2n) is 5.34. The van der Waals surface area contributed by atoms with Gasteiger partial charge in [0.2, 0.25) is 6.79 Å². The Bertz CT molecular complexity index is 514. The van der Waals surface area contributed by atoms with Crippen LogP contribution in [0.3, 0.4) is 0 Å². The van der Waals surface area contributed by atoms with E-state index in [1.54, 1.807) is 6.92 Å². The molecule has 0 saturated heterocycles. The molecule has 0 spiro atoms. The van der Waals surface area contributed by atoms with E-state index in [0.717, 1.165) is 30.0 Å². The zero-order valence-electron chi connectivity index (χ0n) is 12.7. The highest BCUT2D eigenvalue weighted by molar-refractivity contribution is 5.77. The summed E-state index contributed by atoms with van der Waals surface area (Å²) < 4.78 is 10.8. The molecule has 1 heterocycles. The number of amidine groups is 1. The van der Waals surface area contributed by atoms with Gasteiger partial charge >= 0.3 is 0 Å². The first-order chi connectivity index (χ1) is 9.97. The zero-order valence-corrected chi connectivity index (χ0v) is 12.7. The van der Waals surface area contributed by atoms with E-state index < -0.39 is 0 Å². The summed E-state index contributed by atoms with van der Waals surface area (Å²) in [5.41, 5.74) is 6.65. The Hall–Kier alpha value is -1.99. The van der Waals surface area contributed by atoms with Gasteiger partial charge in [0.1, 0.15) is 5.84 Å². The summed E-state index contributed by atoms with van der Waals surface area (Å²) in [6, 6.07) is 5.74. The molecule has 1 aliphatic rings. The van der Waals surface area contributed by atoms with Gasteiger partial charge in [-0.3, -0.25) is 0 Å². The number of hydrogen-bond donors (Lipinski definition) is 2. The lowest BCUT2D eigenvalue weighted by Gasteiger charge is -2.27. The van der Waals surface area contributed by atoms with Crippen molar-refractivity contribution in [1.29, 1.82) is 0 Å². The van der Waals surface area contributed by atoms with Gasteiger partial charge in [0.25, 0.3) is 0 Å². The minimum absolute atomic E-state index is 0.0830. The molecule has 1 aromatic rings. The lowest BCUT2D eigenvalue weighted by atomic mass is 10.0. The molecule has 21 heavy (non-hydrogen) atoms. The molecule has 0 bridgehead atoms. The number of nitrogens with zero attached hydrogens (tertiary/aromatic N) is 3. The highest BCUT2D eigenvalue weighted by Gasteiger charge is 2.21. The van der Waals surface area contributed by atoms with Gasteiger partial charge in [-0.25, -0.2) is 11.0 Å². The highest BCUT2D eigenvalue weighted by atomic mass is 16.7. The third-order valence-electron chi connectivity index (χ3n) is 3.22. The molecule has 4 N–H and O–H groups in total. The summed E-state index contributed by atoms with van der Waals surface area (Å²) in [5, 5.41) is 5.55. The highest BCUT2D eigenvalue weighted by Crippen LogP contribution is 2.35. The maximum absolute atomic E-state index is 6.06. The van der Waals surface area contributed by atoms with Crippen molar-refractivity contribution in [3.63, 3.8) is 0 Å². The van der Waals surface area contributed by atoms with E-state index in [1.807, 2.05) is 32.3 Å². The lowest BCUT2D eigenvalue weighted by Crippen LogP contribution is -2.34. The van der Waals surface area contributed by atoms with Crippen molar-refractivity contribution >= 4 is 5.84 Å². The summed E-state index contributed by atoms with van der Waals surface area (Å²) in [6.45, 7) is 2.85. The van der Waals surface area contributed by atoms with Crippen LogP contribution in [0, 0.1) is 0 Å². The number of hydrazone groups is 1. The van der Waals surface area contributed by atoms with Gasteiger partial charge in [0, 0.05) is 0 Å². The number of nitrogens with two attached hydrogens (primary N) is 2. The van der Waals surface area contributed by atoms with Gasteiger partial charge in [-0.15, -0.1) is 5.10 Å². The number of rotatable bonds is 6. The third kappa shape index (κ3) is 3.99. The predicted molar refractivity (Wildman–Crippen MR) is 81.8 cm³/mol. The Morgan fingerprint density at radius 2 is 2.05 bits per heavy atom. The molecule has 116 valence electrons. The van der Waals surface area contributed by atoms with Crippen molar-refractivity contribution in [2.75, 3.05) is 27.4 Å². The fourth-order valence-corrected chi connectivity index (χ4v) is 2.20. The van der Waals surface area contributed by atoms with Crippen LogP contribution < -0.4 is 21.1 Å². The van der Waals surface area contributed by atoms with Crippen molar-refractivity contribution in [2.45, 2.75) is 19.4 Å². The fourth-order valence-electron chi connectivity index (χ4n) is 2.20. The van der Waals surface area contributed by atoms with Gasteiger partial charge < -0.3 is 20.1 Å². The van der Waals surface area contributed by atoms with Crippen LogP contribution in [-0.2, 0) is 0 Å². The van der Waals surface area contributed by atoms with Crippen LogP contribution in [0.4, 0.5) is 0 Å². The van der Waals surface area contributed by atoms with E-state index in [0.29, 0.717) is 5.84 Å². The molecule has 0 radical (unpaired) electrons. The van der Waals surface area contributed by atoms with Crippen LogP contribution in [0.25, 0.3) is 0 Å². The molecule has 0 aliphatic carbocycles. The van der Waals surface area contributed by atoms with Crippen molar-refractivity contribution in [1.82, 2.24) is 10.0 Å². The first-order valence-electron chi connectivity index (χ1n) is 6.86. The van der Waals surface area contributed by atoms with Gasteiger partial charge in [-0.05, 0) is 51.7 Å². The zero-order chi connectivity index (χ0) is 15.4. The van der Waals surface area contributed by atoms with Crippen molar-refractivity contribution in [2.24, 2.45) is 16.7 Å². The van der Waals surface area contributed by atoms with E-state index >= 15 is 0 Å². The second kappa shape index (κ2) is 6.64. The Kier molecular flexibility index (Phi) is 4.87. The first-order valence-corrected chi connectivity index (χ1v) is 6.86. The molecule has 7 heteroatoms. The molecule has 1 aromatic carbocycles. The molecule has 2 rings (SSSR count). The molecule has 7 nitrogen and oxygen atoms in total. The van der Waals surface area contributed by atoms with E-state index in [1.165, 1.54) is 5.12 Å². The van der Waals surface area contributed by atoms with Gasteiger partial charge in [0.15, 0.2) is 11.5 Å². The molecule has 0 saturated carbocycles. The van der Waals surface area contributed by atoms with Crippen molar-refractivity contribution in [3.05, 3.63) is 23.8 Å². The molecular formula is C14H23N5O2. The van der Waals surface area contributed by atoms with Gasteiger partial charge in [-0.2, -0.15) is 0 Å². The predicted octanol–water partition coefficient (Wildman–Crippen LogP) is 0.876. The molecule has 0 aromatic heterocycles. The molecule has 0 fully saturated rings.